The molecule has 1 aromatic rings. The zero-order chi connectivity index (χ0) is 8.81. The third-order valence-electron chi connectivity index (χ3n) is 1.84. The second-order valence-electron chi connectivity index (χ2n) is 3.12. The average molecular weight is 167 g/mol. The number of hydrogen-bond acceptors (Lipinski definition) is 2. The lowest BCUT2D eigenvalue weighted by Crippen LogP contribution is -2.23. The third-order valence-corrected chi connectivity index (χ3v) is 1.84. The van der Waals surface area contributed by atoms with Crippen LogP contribution in [0.15, 0.2) is 18.5 Å². The summed E-state index contributed by atoms with van der Waals surface area (Å²) in [4.78, 5) is 2.27. The Labute approximate surface area is 74.0 Å². The van der Waals surface area contributed by atoms with Gasteiger partial charge in [-0.25, -0.2) is 0 Å². The van der Waals surface area contributed by atoms with Gasteiger partial charge in [0.1, 0.15) is 0 Å². The van der Waals surface area contributed by atoms with Gasteiger partial charge in [-0.15, -0.1) is 0 Å². The quantitative estimate of drug-likeness (QED) is 0.663. The number of unbranched alkanes of at least 4 members (excludes halogenated alkanes) is 1. The summed E-state index contributed by atoms with van der Waals surface area (Å²) in [6, 6.07) is 1.95. The van der Waals surface area contributed by atoms with Crippen molar-refractivity contribution in [1.29, 1.82) is 0 Å². The summed E-state index contributed by atoms with van der Waals surface area (Å²) in [7, 11) is 2.12. The Morgan fingerprint density at radius 1 is 1.50 bits per heavy atom. The SMILES string of the molecule is CCCCN(C)Cn1cccn1. The minimum absolute atomic E-state index is 0.896. The molecule has 0 aromatic carbocycles. The van der Waals surface area contributed by atoms with Crippen molar-refractivity contribution < 1.29 is 0 Å². The summed E-state index contributed by atoms with van der Waals surface area (Å²) < 4.78 is 1.94. The van der Waals surface area contributed by atoms with Gasteiger partial charge < -0.3 is 0 Å². The molecule has 0 unspecified atom stereocenters. The molecule has 0 saturated carbocycles. The van der Waals surface area contributed by atoms with Crippen molar-refractivity contribution >= 4 is 0 Å². The highest BCUT2D eigenvalue weighted by Gasteiger charge is 1.97. The average Bonchev–Trinajstić information content (AvgIpc) is 2.53. The summed E-state index contributed by atoms with van der Waals surface area (Å²) in [6.45, 7) is 4.26. The summed E-state index contributed by atoms with van der Waals surface area (Å²) >= 11 is 0. The first kappa shape index (κ1) is 9.26. The second kappa shape index (κ2) is 4.93. The van der Waals surface area contributed by atoms with Crippen molar-refractivity contribution in [3.63, 3.8) is 0 Å². The summed E-state index contributed by atoms with van der Waals surface area (Å²) in [5, 5.41) is 4.14. The molecule has 0 saturated heterocycles. The van der Waals surface area contributed by atoms with Crippen LogP contribution in [0.4, 0.5) is 0 Å². The largest absolute Gasteiger partial charge is 0.288 e. The molecule has 1 aromatic heterocycles. The molecule has 0 atom stereocenters. The van der Waals surface area contributed by atoms with Gasteiger partial charge in [0.15, 0.2) is 0 Å². The van der Waals surface area contributed by atoms with Crippen LogP contribution in [0, 0.1) is 0 Å². The van der Waals surface area contributed by atoms with Crippen molar-refractivity contribution in [2.75, 3.05) is 13.6 Å². The van der Waals surface area contributed by atoms with Gasteiger partial charge in [0.05, 0.1) is 6.67 Å². The van der Waals surface area contributed by atoms with E-state index in [1.807, 2.05) is 23.1 Å². The monoisotopic (exact) mass is 167 g/mol. The fourth-order valence-electron chi connectivity index (χ4n) is 1.13. The first-order valence-electron chi connectivity index (χ1n) is 4.49. The van der Waals surface area contributed by atoms with E-state index in [1.165, 1.54) is 12.8 Å². The topological polar surface area (TPSA) is 21.1 Å². The van der Waals surface area contributed by atoms with Crippen LogP contribution in [-0.2, 0) is 6.67 Å². The number of rotatable bonds is 5. The Hall–Kier alpha value is -0.830. The Morgan fingerprint density at radius 3 is 2.92 bits per heavy atom. The molecule has 1 rings (SSSR count). The molecule has 1 heterocycles. The zero-order valence-corrected chi connectivity index (χ0v) is 7.90. The molecule has 0 radical (unpaired) electrons. The third kappa shape index (κ3) is 3.05. The van der Waals surface area contributed by atoms with Crippen molar-refractivity contribution in [2.24, 2.45) is 0 Å². The van der Waals surface area contributed by atoms with Gasteiger partial charge in [-0.3, -0.25) is 9.58 Å². The highest BCUT2D eigenvalue weighted by atomic mass is 15.4. The first-order valence-corrected chi connectivity index (χ1v) is 4.49. The molecular weight excluding hydrogens is 150 g/mol. The maximum atomic E-state index is 4.14. The van der Waals surface area contributed by atoms with Crippen molar-refractivity contribution in [1.82, 2.24) is 14.7 Å². The van der Waals surface area contributed by atoms with E-state index in [-0.39, 0.29) is 0 Å². The van der Waals surface area contributed by atoms with Crippen LogP contribution in [0.25, 0.3) is 0 Å². The molecule has 3 nitrogen and oxygen atoms in total. The lowest BCUT2D eigenvalue weighted by molar-refractivity contribution is 0.251. The van der Waals surface area contributed by atoms with Crippen LogP contribution in [0.3, 0.4) is 0 Å². The Morgan fingerprint density at radius 2 is 2.33 bits per heavy atom. The fraction of sp³-hybridized carbons (Fsp3) is 0.667. The van der Waals surface area contributed by atoms with Gasteiger partial charge in [0.2, 0.25) is 0 Å². The molecule has 0 aliphatic rings. The van der Waals surface area contributed by atoms with E-state index in [0.29, 0.717) is 0 Å². The summed E-state index contributed by atoms with van der Waals surface area (Å²) in [5.41, 5.74) is 0. The van der Waals surface area contributed by atoms with Crippen LogP contribution in [0.5, 0.6) is 0 Å². The van der Waals surface area contributed by atoms with E-state index in [4.69, 9.17) is 0 Å². The molecule has 0 amide bonds. The Balaban J connectivity index is 2.22. The van der Waals surface area contributed by atoms with Crippen LogP contribution >= 0.6 is 0 Å². The zero-order valence-electron chi connectivity index (χ0n) is 7.90. The van der Waals surface area contributed by atoms with E-state index in [0.717, 1.165) is 13.2 Å². The molecule has 0 bridgehead atoms. The molecule has 0 spiro atoms. The maximum absolute atomic E-state index is 4.14. The van der Waals surface area contributed by atoms with Crippen LogP contribution in [-0.4, -0.2) is 28.3 Å². The Bertz CT molecular complexity index is 194. The standard InChI is InChI=1S/C9H17N3/c1-3-4-7-11(2)9-12-8-5-6-10-12/h5-6,8H,3-4,7,9H2,1-2H3. The highest BCUT2D eigenvalue weighted by Crippen LogP contribution is 1.94. The van der Waals surface area contributed by atoms with Crippen molar-refractivity contribution in [3.8, 4) is 0 Å². The minimum Gasteiger partial charge on any atom is -0.288 e. The second-order valence-corrected chi connectivity index (χ2v) is 3.12. The predicted octanol–water partition coefficient (Wildman–Crippen LogP) is 1.57. The van der Waals surface area contributed by atoms with Gasteiger partial charge in [-0.05, 0) is 26.1 Å². The van der Waals surface area contributed by atoms with Gasteiger partial charge in [-0.1, -0.05) is 13.3 Å². The molecule has 12 heavy (non-hydrogen) atoms. The molecule has 68 valence electrons. The smallest absolute Gasteiger partial charge is 0.0926 e. The Kier molecular flexibility index (Phi) is 3.80. The summed E-state index contributed by atoms with van der Waals surface area (Å²) in [6.07, 6.45) is 6.32. The van der Waals surface area contributed by atoms with Gasteiger partial charge >= 0.3 is 0 Å². The molecule has 3 heteroatoms. The lowest BCUT2D eigenvalue weighted by Gasteiger charge is -2.15. The predicted molar refractivity (Wildman–Crippen MR) is 49.8 cm³/mol. The van der Waals surface area contributed by atoms with Crippen LogP contribution in [0.1, 0.15) is 19.8 Å². The van der Waals surface area contributed by atoms with Crippen molar-refractivity contribution in [3.05, 3.63) is 18.5 Å². The van der Waals surface area contributed by atoms with E-state index < -0.39 is 0 Å². The lowest BCUT2D eigenvalue weighted by atomic mass is 10.3. The molecule has 0 fully saturated rings. The maximum Gasteiger partial charge on any atom is 0.0926 e. The minimum atomic E-state index is 0.896. The van der Waals surface area contributed by atoms with E-state index in [9.17, 15) is 0 Å². The van der Waals surface area contributed by atoms with Crippen LogP contribution in [0.2, 0.25) is 0 Å². The van der Waals surface area contributed by atoms with Gasteiger partial charge in [0, 0.05) is 12.4 Å². The van der Waals surface area contributed by atoms with E-state index in [1.54, 1.807) is 0 Å². The molecule has 0 aliphatic carbocycles. The highest BCUT2D eigenvalue weighted by molar-refractivity contribution is 4.77. The molecular formula is C9H17N3. The van der Waals surface area contributed by atoms with E-state index in [2.05, 4.69) is 24.0 Å². The van der Waals surface area contributed by atoms with E-state index >= 15 is 0 Å². The van der Waals surface area contributed by atoms with Crippen LogP contribution < -0.4 is 0 Å². The number of aromatic nitrogens is 2. The molecule has 0 N–H and O–H groups in total. The molecule has 0 aliphatic heterocycles. The van der Waals surface area contributed by atoms with Gasteiger partial charge in [-0.2, -0.15) is 5.10 Å². The van der Waals surface area contributed by atoms with Gasteiger partial charge in [0.25, 0.3) is 0 Å². The number of nitrogens with zero attached hydrogens (tertiary/aromatic N) is 3. The first-order chi connectivity index (χ1) is 5.83. The van der Waals surface area contributed by atoms with Crippen molar-refractivity contribution in [2.45, 2.75) is 26.4 Å². The number of hydrogen-bond donors (Lipinski definition) is 0. The fourth-order valence-corrected chi connectivity index (χ4v) is 1.13. The summed E-state index contributed by atoms with van der Waals surface area (Å²) in [5.74, 6) is 0. The normalized spacial score (nSPS) is 10.9.